The molecule has 3 N–H and O–H groups in total. The lowest BCUT2D eigenvalue weighted by Gasteiger charge is -2.16. The maximum absolute atomic E-state index is 5.85. The van der Waals surface area contributed by atoms with Crippen LogP contribution in [0.3, 0.4) is 0 Å². The van der Waals surface area contributed by atoms with Gasteiger partial charge in [0.2, 0.25) is 0 Å². The number of nitrogens with one attached hydrogen (secondary N) is 1. The summed E-state index contributed by atoms with van der Waals surface area (Å²) in [5.74, 6) is 0.583. The topological polar surface area (TPSA) is 38.0 Å². The molecule has 0 saturated carbocycles. The number of aryl methyl sites for hydroxylation is 1. The van der Waals surface area contributed by atoms with Crippen LogP contribution < -0.4 is 11.1 Å². The summed E-state index contributed by atoms with van der Waals surface area (Å²) in [4.78, 5) is 0. The Labute approximate surface area is 121 Å². The van der Waals surface area contributed by atoms with Crippen molar-refractivity contribution >= 4 is 11.4 Å². The molecule has 2 aromatic carbocycles. The Bertz CT molecular complexity index is 599. The van der Waals surface area contributed by atoms with Crippen LogP contribution in [0.4, 0.5) is 11.4 Å². The molecule has 3 rings (SSSR count). The van der Waals surface area contributed by atoms with Crippen LogP contribution in [-0.4, -0.2) is 0 Å². The average Bonchev–Trinajstić information content (AvgIpc) is 2.81. The molecule has 0 radical (unpaired) electrons. The van der Waals surface area contributed by atoms with Gasteiger partial charge in [-0.3, -0.25) is 0 Å². The summed E-state index contributed by atoms with van der Waals surface area (Å²) < 4.78 is 0. The van der Waals surface area contributed by atoms with Crippen LogP contribution in [0, 0.1) is 0 Å². The van der Waals surface area contributed by atoms with Crippen LogP contribution in [0.1, 0.15) is 48.9 Å². The predicted molar refractivity (Wildman–Crippen MR) is 86.1 cm³/mol. The third-order valence-electron chi connectivity index (χ3n) is 4.16. The highest BCUT2D eigenvalue weighted by Crippen LogP contribution is 2.35. The summed E-state index contributed by atoms with van der Waals surface area (Å²) in [6, 6.07) is 15.5. The van der Waals surface area contributed by atoms with E-state index in [0.717, 1.165) is 18.5 Å². The first kappa shape index (κ1) is 13.0. The van der Waals surface area contributed by atoms with Crippen LogP contribution in [0.25, 0.3) is 0 Å². The minimum absolute atomic E-state index is 0.412. The van der Waals surface area contributed by atoms with Gasteiger partial charge in [-0.05, 0) is 59.7 Å². The van der Waals surface area contributed by atoms with E-state index in [2.05, 4.69) is 55.6 Å². The maximum Gasteiger partial charge on any atom is 0.0519 e. The number of nitrogens with two attached hydrogens (primary N) is 1. The zero-order valence-corrected chi connectivity index (χ0v) is 12.2. The SMILES string of the molecule is CC(C)c1ccc(NC2CCc3cc(N)ccc32)cc1. The van der Waals surface area contributed by atoms with Gasteiger partial charge in [0, 0.05) is 11.4 Å². The highest BCUT2D eigenvalue weighted by atomic mass is 14.9. The Morgan fingerprint density at radius 1 is 1.10 bits per heavy atom. The van der Waals surface area contributed by atoms with Crippen molar-refractivity contribution in [2.75, 3.05) is 11.1 Å². The lowest BCUT2D eigenvalue weighted by molar-refractivity contribution is 0.762. The standard InChI is InChI=1S/C18H22N2/c1-12(2)13-3-7-16(8-4-13)20-18-10-5-14-11-15(19)6-9-17(14)18/h3-4,6-9,11-12,18,20H,5,10,19H2,1-2H3. The first-order valence-electron chi connectivity index (χ1n) is 7.38. The molecular formula is C18H22N2. The Morgan fingerprint density at radius 2 is 1.85 bits per heavy atom. The zero-order chi connectivity index (χ0) is 14.1. The smallest absolute Gasteiger partial charge is 0.0519 e. The van der Waals surface area contributed by atoms with Crippen LogP contribution in [-0.2, 0) is 6.42 Å². The molecule has 1 aliphatic rings. The van der Waals surface area contributed by atoms with Crippen LogP contribution in [0.2, 0.25) is 0 Å². The van der Waals surface area contributed by atoms with E-state index < -0.39 is 0 Å². The molecule has 104 valence electrons. The molecule has 1 aliphatic carbocycles. The molecular weight excluding hydrogens is 244 g/mol. The Balaban J connectivity index is 1.77. The fraction of sp³-hybridized carbons (Fsp3) is 0.333. The molecule has 0 spiro atoms. The minimum atomic E-state index is 0.412. The molecule has 0 heterocycles. The molecule has 2 aromatic rings. The van der Waals surface area contributed by atoms with Gasteiger partial charge < -0.3 is 11.1 Å². The van der Waals surface area contributed by atoms with Gasteiger partial charge in [0.1, 0.15) is 0 Å². The van der Waals surface area contributed by atoms with Crippen LogP contribution >= 0.6 is 0 Å². The van der Waals surface area contributed by atoms with E-state index in [1.165, 1.54) is 22.4 Å². The third kappa shape index (κ3) is 2.51. The van der Waals surface area contributed by atoms with Gasteiger partial charge in [-0.15, -0.1) is 0 Å². The van der Waals surface area contributed by atoms with E-state index in [-0.39, 0.29) is 0 Å². The molecule has 0 bridgehead atoms. The van der Waals surface area contributed by atoms with E-state index >= 15 is 0 Å². The summed E-state index contributed by atoms with van der Waals surface area (Å²) in [5, 5.41) is 3.64. The number of fused-ring (bicyclic) bond motifs is 1. The molecule has 0 amide bonds. The molecule has 2 heteroatoms. The second-order valence-electron chi connectivity index (χ2n) is 5.97. The number of nitrogen functional groups attached to an aromatic ring is 1. The second-order valence-corrected chi connectivity index (χ2v) is 5.97. The van der Waals surface area contributed by atoms with Crippen molar-refractivity contribution in [2.24, 2.45) is 0 Å². The molecule has 20 heavy (non-hydrogen) atoms. The van der Waals surface area contributed by atoms with Crippen LogP contribution in [0.15, 0.2) is 42.5 Å². The Kier molecular flexibility index (Phi) is 3.39. The summed E-state index contributed by atoms with van der Waals surface area (Å²) in [5.41, 5.74) is 12.1. The Morgan fingerprint density at radius 3 is 2.55 bits per heavy atom. The first-order chi connectivity index (χ1) is 9.63. The molecule has 1 atom stereocenters. The number of anilines is 2. The van der Waals surface area contributed by atoms with Crippen molar-refractivity contribution < 1.29 is 0 Å². The number of hydrogen-bond acceptors (Lipinski definition) is 2. The highest BCUT2D eigenvalue weighted by molar-refractivity contribution is 5.52. The quantitative estimate of drug-likeness (QED) is 0.803. The van der Waals surface area contributed by atoms with Gasteiger partial charge in [-0.25, -0.2) is 0 Å². The molecule has 0 saturated heterocycles. The van der Waals surface area contributed by atoms with Gasteiger partial charge in [-0.1, -0.05) is 32.0 Å². The molecule has 0 fully saturated rings. The van der Waals surface area contributed by atoms with Crippen molar-refractivity contribution in [2.45, 2.75) is 38.6 Å². The van der Waals surface area contributed by atoms with Gasteiger partial charge >= 0.3 is 0 Å². The number of hydrogen-bond donors (Lipinski definition) is 2. The average molecular weight is 266 g/mol. The summed E-state index contributed by atoms with van der Waals surface area (Å²) in [7, 11) is 0. The fourth-order valence-electron chi connectivity index (χ4n) is 2.95. The Hall–Kier alpha value is -1.96. The van der Waals surface area contributed by atoms with Crippen LogP contribution in [0.5, 0.6) is 0 Å². The van der Waals surface area contributed by atoms with E-state index in [4.69, 9.17) is 5.73 Å². The lowest BCUT2D eigenvalue weighted by Crippen LogP contribution is -2.07. The van der Waals surface area contributed by atoms with E-state index in [1.54, 1.807) is 0 Å². The molecule has 2 nitrogen and oxygen atoms in total. The van der Waals surface area contributed by atoms with Crippen molar-refractivity contribution in [3.05, 3.63) is 59.2 Å². The first-order valence-corrected chi connectivity index (χ1v) is 7.38. The summed E-state index contributed by atoms with van der Waals surface area (Å²) in [6.45, 7) is 4.44. The highest BCUT2D eigenvalue weighted by Gasteiger charge is 2.22. The molecule has 0 aromatic heterocycles. The number of rotatable bonds is 3. The monoisotopic (exact) mass is 266 g/mol. The van der Waals surface area contributed by atoms with E-state index in [0.29, 0.717) is 12.0 Å². The van der Waals surface area contributed by atoms with E-state index in [1.807, 2.05) is 6.07 Å². The maximum atomic E-state index is 5.85. The largest absolute Gasteiger partial charge is 0.399 e. The van der Waals surface area contributed by atoms with Crippen molar-refractivity contribution in [1.29, 1.82) is 0 Å². The molecule has 0 aliphatic heterocycles. The van der Waals surface area contributed by atoms with Gasteiger partial charge in [0.05, 0.1) is 6.04 Å². The van der Waals surface area contributed by atoms with E-state index in [9.17, 15) is 0 Å². The fourth-order valence-corrected chi connectivity index (χ4v) is 2.95. The van der Waals surface area contributed by atoms with Gasteiger partial charge in [-0.2, -0.15) is 0 Å². The van der Waals surface area contributed by atoms with Gasteiger partial charge in [0.25, 0.3) is 0 Å². The minimum Gasteiger partial charge on any atom is -0.399 e. The zero-order valence-electron chi connectivity index (χ0n) is 12.2. The van der Waals surface area contributed by atoms with Crippen molar-refractivity contribution in [1.82, 2.24) is 0 Å². The summed E-state index contributed by atoms with van der Waals surface area (Å²) in [6.07, 6.45) is 2.26. The number of benzene rings is 2. The normalized spacial score (nSPS) is 17.2. The predicted octanol–water partition coefficient (Wildman–Crippen LogP) is 4.49. The lowest BCUT2D eigenvalue weighted by atomic mass is 10.0. The van der Waals surface area contributed by atoms with Gasteiger partial charge in [0.15, 0.2) is 0 Å². The summed E-state index contributed by atoms with van der Waals surface area (Å²) >= 11 is 0. The van der Waals surface area contributed by atoms with Crippen molar-refractivity contribution in [3.63, 3.8) is 0 Å². The van der Waals surface area contributed by atoms with Crippen molar-refractivity contribution in [3.8, 4) is 0 Å². The molecule has 1 unspecified atom stereocenters. The second kappa shape index (κ2) is 5.20. The third-order valence-corrected chi connectivity index (χ3v) is 4.16.